The van der Waals surface area contributed by atoms with Crippen molar-refractivity contribution in [2.45, 2.75) is 57.2 Å². The molecule has 3 rings (SSSR count). The fraction of sp³-hybridized carbons (Fsp3) is 0.480. The Hall–Kier alpha value is -3.89. The van der Waals surface area contributed by atoms with Crippen LogP contribution in [0.15, 0.2) is 40.9 Å². The number of benzene rings is 1. The fourth-order valence-electron chi connectivity index (χ4n) is 3.63. The zero-order valence-electron chi connectivity index (χ0n) is 21.9. The molecule has 4 atom stereocenters. The Morgan fingerprint density at radius 2 is 1.46 bits per heavy atom. The number of nitrogens with one attached hydrogen (secondary N) is 3. The molecule has 0 radical (unpaired) electrons. The fourth-order valence-corrected chi connectivity index (χ4v) is 3.63. The minimum Gasteiger partial charge on any atom is -0.361 e. The maximum absolute atomic E-state index is 13.2. The van der Waals surface area contributed by atoms with Crippen LogP contribution in [0.4, 0.5) is 17.6 Å². The van der Waals surface area contributed by atoms with E-state index in [1.807, 2.05) is 0 Å². The Morgan fingerprint density at radius 3 is 1.95 bits per heavy atom. The molecule has 224 valence electrons. The summed E-state index contributed by atoms with van der Waals surface area (Å²) in [6.07, 6.45) is 0.0121. The number of ether oxygens (including phenoxy) is 3. The number of alkyl halides is 4. The summed E-state index contributed by atoms with van der Waals surface area (Å²) >= 11 is 0. The van der Waals surface area contributed by atoms with Crippen LogP contribution in [0, 0.1) is 6.92 Å². The molecule has 1 aliphatic heterocycles. The van der Waals surface area contributed by atoms with Gasteiger partial charge in [0.25, 0.3) is 5.91 Å². The lowest BCUT2D eigenvalue weighted by atomic mass is 9.94. The number of nitrogens with zero attached hydrogens (tertiary/aromatic N) is 1. The number of Topliss-reactive ketones (excluding diaryl/α,β-unsaturated/α-hetero) is 1. The maximum Gasteiger partial charge on any atom is 0.345 e. The Labute approximate surface area is 231 Å². The van der Waals surface area contributed by atoms with Gasteiger partial charge in [-0.25, -0.2) is 0 Å². The summed E-state index contributed by atoms with van der Waals surface area (Å²) in [6.45, 7) is -5.66. The lowest BCUT2D eigenvalue weighted by molar-refractivity contribution is -0.152. The van der Waals surface area contributed by atoms with Gasteiger partial charge in [0.15, 0.2) is 5.78 Å². The first-order chi connectivity index (χ1) is 19.4. The minimum atomic E-state index is -3.34. The molecule has 3 N–H and O–H groups in total. The summed E-state index contributed by atoms with van der Waals surface area (Å²) < 4.78 is 69.5. The van der Waals surface area contributed by atoms with Crippen LogP contribution < -0.4 is 16.0 Å². The van der Waals surface area contributed by atoms with Gasteiger partial charge in [-0.3, -0.25) is 19.2 Å². The molecule has 1 saturated heterocycles. The predicted molar refractivity (Wildman–Crippen MR) is 130 cm³/mol. The second-order valence-electron chi connectivity index (χ2n) is 9.24. The molecule has 0 bridgehead atoms. The monoisotopic (exact) mass is 588 g/mol. The van der Waals surface area contributed by atoms with Gasteiger partial charge < -0.3 is 34.7 Å². The zero-order valence-corrected chi connectivity index (χ0v) is 21.9. The van der Waals surface area contributed by atoms with Crippen LogP contribution in [-0.2, 0) is 35.0 Å². The van der Waals surface area contributed by atoms with Crippen molar-refractivity contribution < 1.29 is 55.5 Å². The summed E-state index contributed by atoms with van der Waals surface area (Å²) in [7, 11) is 0. The van der Waals surface area contributed by atoms with E-state index in [2.05, 4.69) is 30.6 Å². The van der Waals surface area contributed by atoms with E-state index in [9.17, 15) is 36.7 Å². The third kappa shape index (κ3) is 9.61. The Balaban J connectivity index is 1.77. The molecule has 1 fully saturated rings. The van der Waals surface area contributed by atoms with Crippen LogP contribution in [0.3, 0.4) is 0 Å². The highest BCUT2D eigenvalue weighted by molar-refractivity contribution is 5.99. The highest BCUT2D eigenvalue weighted by atomic mass is 19.3. The number of carbonyl (C=O) groups excluding carboxylic acids is 4. The van der Waals surface area contributed by atoms with Crippen LogP contribution in [0.5, 0.6) is 0 Å². The first-order valence-corrected chi connectivity index (χ1v) is 12.2. The van der Waals surface area contributed by atoms with Crippen LogP contribution in [0.2, 0.25) is 0 Å². The molecular weight excluding hydrogens is 560 g/mol. The summed E-state index contributed by atoms with van der Waals surface area (Å²) in [4.78, 5) is 51.6. The number of carbonyl (C=O) groups is 4. The van der Waals surface area contributed by atoms with E-state index >= 15 is 0 Å². The van der Waals surface area contributed by atoms with Crippen molar-refractivity contribution in [3.63, 3.8) is 0 Å². The Kier molecular flexibility index (Phi) is 10.9. The number of amides is 3. The van der Waals surface area contributed by atoms with Crippen molar-refractivity contribution in [1.82, 2.24) is 21.1 Å². The number of rotatable bonds is 16. The Bertz CT molecular complexity index is 1210. The average Bonchev–Trinajstić information content (AvgIpc) is 3.53. The molecule has 1 aliphatic rings. The SMILES string of the molecule is Cc1cc(C(=O)N[C@@H](COC(F)F)C(=O)N[C@@H](COC(F)F)C(=O)N[C@@H](Cc2ccccc2)C(=O)[C@@]2(C)CO2)on1. The van der Waals surface area contributed by atoms with E-state index in [1.165, 1.54) is 19.9 Å². The van der Waals surface area contributed by atoms with Gasteiger partial charge in [-0.2, -0.15) is 17.6 Å². The number of aromatic nitrogens is 1. The van der Waals surface area contributed by atoms with E-state index in [0.29, 0.717) is 11.3 Å². The summed E-state index contributed by atoms with van der Waals surface area (Å²) in [5.41, 5.74) is -0.188. The van der Waals surface area contributed by atoms with Gasteiger partial charge in [-0.15, -0.1) is 0 Å². The van der Waals surface area contributed by atoms with Crippen molar-refractivity contribution in [1.29, 1.82) is 0 Å². The zero-order chi connectivity index (χ0) is 30.2. The lowest BCUT2D eigenvalue weighted by Gasteiger charge is -2.25. The third-order valence-electron chi connectivity index (χ3n) is 5.90. The van der Waals surface area contributed by atoms with Crippen molar-refractivity contribution in [3.8, 4) is 0 Å². The molecule has 0 spiro atoms. The quantitative estimate of drug-likeness (QED) is 0.193. The topological polar surface area (TPSA) is 161 Å². The summed E-state index contributed by atoms with van der Waals surface area (Å²) in [5, 5.41) is 10.1. The van der Waals surface area contributed by atoms with Gasteiger partial charge in [-0.1, -0.05) is 35.5 Å². The van der Waals surface area contributed by atoms with Gasteiger partial charge in [0.1, 0.15) is 17.7 Å². The molecule has 0 aliphatic carbocycles. The van der Waals surface area contributed by atoms with E-state index in [0.717, 1.165) is 0 Å². The predicted octanol–water partition coefficient (Wildman–Crippen LogP) is 1.13. The van der Waals surface area contributed by atoms with E-state index in [-0.39, 0.29) is 18.8 Å². The number of aryl methyl sites for hydroxylation is 1. The highest BCUT2D eigenvalue weighted by Gasteiger charge is 2.50. The number of hydrogen-bond acceptors (Lipinski definition) is 9. The molecule has 12 nitrogen and oxygen atoms in total. The second kappa shape index (κ2) is 14.1. The molecule has 41 heavy (non-hydrogen) atoms. The van der Waals surface area contributed by atoms with E-state index in [1.54, 1.807) is 30.3 Å². The van der Waals surface area contributed by atoms with Crippen LogP contribution in [-0.4, -0.2) is 85.4 Å². The van der Waals surface area contributed by atoms with Crippen LogP contribution in [0.1, 0.15) is 28.7 Å². The molecule has 3 amide bonds. The molecule has 16 heteroatoms. The number of ketones is 1. The molecule has 2 aromatic rings. The first kappa shape index (κ1) is 31.6. The molecule has 0 unspecified atom stereocenters. The van der Waals surface area contributed by atoms with Crippen LogP contribution in [0.25, 0.3) is 0 Å². The van der Waals surface area contributed by atoms with Gasteiger partial charge in [0.2, 0.25) is 17.6 Å². The van der Waals surface area contributed by atoms with Gasteiger partial charge in [0.05, 0.1) is 31.6 Å². The number of epoxide rings is 1. The van der Waals surface area contributed by atoms with Crippen molar-refractivity contribution in [2.75, 3.05) is 19.8 Å². The van der Waals surface area contributed by atoms with Gasteiger partial charge >= 0.3 is 13.2 Å². The lowest BCUT2D eigenvalue weighted by Crippen LogP contribution is -2.59. The second-order valence-corrected chi connectivity index (χ2v) is 9.24. The van der Waals surface area contributed by atoms with Crippen molar-refractivity contribution in [3.05, 3.63) is 53.4 Å². The first-order valence-electron chi connectivity index (χ1n) is 12.2. The van der Waals surface area contributed by atoms with Gasteiger partial charge in [-0.05, 0) is 25.8 Å². The standard InChI is InChI=1S/C25H28F4N4O8/c1-13-8-18(41-33-13)22(37)32-17(11-39-24(28)29)21(36)31-16(10-38-23(26)27)20(35)30-15(19(34)25(2)12-40-25)9-14-6-4-3-5-7-14/h3-8,15-17,23-24H,9-12H2,1-2H3,(H,30,35)(H,31,36)(H,32,37)/t15-,16-,17-,25+/m0/s1. The number of halogens is 4. The smallest absolute Gasteiger partial charge is 0.345 e. The summed E-state index contributed by atoms with van der Waals surface area (Å²) in [6, 6.07) is 4.93. The maximum atomic E-state index is 13.2. The highest BCUT2D eigenvalue weighted by Crippen LogP contribution is 2.29. The van der Waals surface area contributed by atoms with E-state index < -0.39 is 73.7 Å². The van der Waals surface area contributed by atoms with E-state index in [4.69, 9.17) is 9.26 Å². The normalized spacial score (nSPS) is 18.4. The largest absolute Gasteiger partial charge is 0.361 e. The van der Waals surface area contributed by atoms with Gasteiger partial charge in [0, 0.05) is 6.07 Å². The molecular formula is C25H28F4N4O8. The molecule has 1 aromatic heterocycles. The van der Waals surface area contributed by atoms with Crippen LogP contribution >= 0.6 is 0 Å². The molecule has 2 heterocycles. The van der Waals surface area contributed by atoms with Crippen molar-refractivity contribution >= 4 is 23.5 Å². The average molecular weight is 589 g/mol. The van der Waals surface area contributed by atoms with Crippen molar-refractivity contribution in [2.24, 2.45) is 0 Å². The molecule has 1 aromatic carbocycles. The molecule has 0 saturated carbocycles. The minimum absolute atomic E-state index is 0.0121. The Morgan fingerprint density at radius 1 is 0.927 bits per heavy atom. The third-order valence-corrected chi connectivity index (χ3v) is 5.90. The number of hydrogen-bond donors (Lipinski definition) is 3. The summed E-state index contributed by atoms with van der Waals surface area (Å²) in [5.74, 6) is -4.22.